The zero-order chi connectivity index (χ0) is 18.8. The molecule has 0 radical (unpaired) electrons. The standard InChI is InChI=1S/C20H15ClN4OS/c1-12-7-8-15(11-16(12)21)24-20(26)23-14-5-2-4-13(10-14)18-25-17-6-3-9-22-19(17)27-18/h2-11H,1H3,(H2,23,24,26). The van der Waals surface area contributed by atoms with Crippen molar-refractivity contribution in [3.05, 3.63) is 71.4 Å². The molecule has 27 heavy (non-hydrogen) atoms. The van der Waals surface area contributed by atoms with Crippen molar-refractivity contribution in [3.63, 3.8) is 0 Å². The van der Waals surface area contributed by atoms with E-state index in [1.54, 1.807) is 12.3 Å². The van der Waals surface area contributed by atoms with Gasteiger partial charge in [0, 0.05) is 28.2 Å². The van der Waals surface area contributed by atoms with Crippen LogP contribution in [0.15, 0.2) is 60.8 Å². The minimum absolute atomic E-state index is 0.335. The number of carbonyl (C=O) groups is 1. The second-order valence-corrected chi connectivity index (χ2v) is 7.36. The highest BCUT2D eigenvalue weighted by molar-refractivity contribution is 7.21. The molecule has 4 aromatic rings. The predicted molar refractivity (Wildman–Crippen MR) is 112 cm³/mol. The lowest BCUT2D eigenvalue weighted by molar-refractivity contribution is 0.262. The smallest absolute Gasteiger partial charge is 0.308 e. The molecule has 2 aromatic heterocycles. The Balaban J connectivity index is 1.51. The van der Waals surface area contributed by atoms with Crippen LogP contribution in [0.25, 0.3) is 20.9 Å². The summed E-state index contributed by atoms with van der Waals surface area (Å²) in [5, 5.41) is 7.09. The molecular formula is C20H15ClN4OS. The van der Waals surface area contributed by atoms with Crippen molar-refractivity contribution in [1.82, 2.24) is 9.97 Å². The summed E-state index contributed by atoms with van der Waals surface area (Å²) in [7, 11) is 0. The number of hydrogen-bond acceptors (Lipinski definition) is 4. The average Bonchev–Trinajstić information content (AvgIpc) is 3.09. The molecule has 7 heteroatoms. The molecule has 2 heterocycles. The van der Waals surface area contributed by atoms with Crippen LogP contribution in [0.2, 0.25) is 5.02 Å². The molecule has 0 atom stereocenters. The number of urea groups is 1. The molecule has 0 unspecified atom stereocenters. The molecule has 2 N–H and O–H groups in total. The summed E-state index contributed by atoms with van der Waals surface area (Å²) in [6.07, 6.45) is 1.75. The van der Waals surface area contributed by atoms with Gasteiger partial charge in [-0.1, -0.05) is 41.1 Å². The maximum Gasteiger partial charge on any atom is 0.323 e. The van der Waals surface area contributed by atoms with Crippen molar-refractivity contribution in [2.24, 2.45) is 0 Å². The molecule has 134 valence electrons. The average molecular weight is 395 g/mol. The highest BCUT2D eigenvalue weighted by Crippen LogP contribution is 2.30. The van der Waals surface area contributed by atoms with Crippen LogP contribution in [0, 0.1) is 6.92 Å². The van der Waals surface area contributed by atoms with Crippen LogP contribution >= 0.6 is 22.9 Å². The van der Waals surface area contributed by atoms with Gasteiger partial charge in [0.25, 0.3) is 0 Å². The van der Waals surface area contributed by atoms with Crippen molar-refractivity contribution in [2.75, 3.05) is 10.6 Å². The first-order valence-electron chi connectivity index (χ1n) is 8.25. The molecular weight excluding hydrogens is 380 g/mol. The maximum absolute atomic E-state index is 12.3. The van der Waals surface area contributed by atoms with Crippen molar-refractivity contribution < 1.29 is 4.79 Å². The molecule has 0 aliphatic rings. The Morgan fingerprint density at radius 1 is 1.04 bits per heavy atom. The van der Waals surface area contributed by atoms with Crippen molar-refractivity contribution >= 4 is 50.7 Å². The van der Waals surface area contributed by atoms with Crippen LogP contribution < -0.4 is 10.6 Å². The number of anilines is 2. The Morgan fingerprint density at radius 3 is 2.63 bits per heavy atom. The fraction of sp³-hybridized carbons (Fsp3) is 0.0500. The third kappa shape index (κ3) is 3.92. The number of hydrogen-bond donors (Lipinski definition) is 2. The SMILES string of the molecule is Cc1ccc(NC(=O)Nc2cccc(-c3nc4cccnc4s3)c2)cc1Cl. The van der Waals surface area contributed by atoms with E-state index < -0.39 is 0 Å². The normalized spacial score (nSPS) is 10.7. The van der Waals surface area contributed by atoms with Gasteiger partial charge in [-0.15, -0.1) is 0 Å². The number of nitrogens with one attached hydrogen (secondary N) is 2. The van der Waals surface area contributed by atoms with Crippen molar-refractivity contribution in [3.8, 4) is 10.6 Å². The highest BCUT2D eigenvalue weighted by atomic mass is 35.5. The predicted octanol–water partition coefficient (Wildman–Crippen LogP) is 5.96. The van der Waals surface area contributed by atoms with Gasteiger partial charge in [0.05, 0.1) is 0 Å². The number of aryl methyl sites for hydroxylation is 1. The van der Waals surface area contributed by atoms with Crippen molar-refractivity contribution in [1.29, 1.82) is 0 Å². The largest absolute Gasteiger partial charge is 0.323 e. The number of aromatic nitrogens is 2. The minimum Gasteiger partial charge on any atom is -0.308 e. The number of rotatable bonds is 3. The van der Waals surface area contributed by atoms with Gasteiger partial charge in [-0.2, -0.15) is 0 Å². The number of amides is 2. The third-order valence-corrected chi connectivity index (χ3v) is 5.40. The van der Waals surface area contributed by atoms with E-state index in [1.807, 2.05) is 55.5 Å². The van der Waals surface area contributed by atoms with Gasteiger partial charge in [-0.25, -0.2) is 14.8 Å². The van der Waals surface area contributed by atoms with E-state index in [9.17, 15) is 4.79 Å². The molecule has 0 bridgehead atoms. The Hall–Kier alpha value is -2.96. The lowest BCUT2D eigenvalue weighted by atomic mass is 10.2. The monoisotopic (exact) mass is 394 g/mol. The summed E-state index contributed by atoms with van der Waals surface area (Å²) in [6, 6.07) is 16.4. The molecule has 2 amide bonds. The number of pyridine rings is 1. The second-order valence-electron chi connectivity index (χ2n) is 5.97. The van der Waals surface area contributed by atoms with E-state index in [4.69, 9.17) is 11.6 Å². The third-order valence-electron chi connectivity index (χ3n) is 3.96. The van der Waals surface area contributed by atoms with Crippen LogP contribution in [0.4, 0.5) is 16.2 Å². The van der Waals surface area contributed by atoms with Crippen molar-refractivity contribution in [2.45, 2.75) is 6.92 Å². The fourth-order valence-corrected chi connectivity index (χ4v) is 3.67. The molecule has 5 nitrogen and oxygen atoms in total. The Bertz CT molecular complexity index is 1110. The summed E-state index contributed by atoms with van der Waals surface area (Å²) in [5.74, 6) is 0. The van der Waals surface area contributed by atoms with Gasteiger partial charge >= 0.3 is 6.03 Å². The van der Waals surface area contributed by atoms with Gasteiger partial charge in [-0.3, -0.25) is 0 Å². The first-order valence-corrected chi connectivity index (χ1v) is 9.44. The van der Waals surface area contributed by atoms with E-state index in [0.717, 1.165) is 26.5 Å². The van der Waals surface area contributed by atoms with Crippen LogP contribution in [0.3, 0.4) is 0 Å². The van der Waals surface area contributed by atoms with Gasteiger partial charge in [-0.05, 0) is 48.9 Å². The van der Waals surface area contributed by atoms with Crippen LogP contribution in [-0.2, 0) is 0 Å². The van der Waals surface area contributed by atoms with E-state index in [0.29, 0.717) is 16.4 Å². The van der Waals surface area contributed by atoms with Gasteiger partial charge in [0.2, 0.25) is 0 Å². The van der Waals surface area contributed by atoms with Gasteiger partial charge in [0.15, 0.2) is 0 Å². The van der Waals surface area contributed by atoms with E-state index >= 15 is 0 Å². The Morgan fingerprint density at radius 2 is 1.85 bits per heavy atom. The van der Waals surface area contributed by atoms with Gasteiger partial charge < -0.3 is 10.6 Å². The molecule has 0 saturated heterocycles. The zero-order valence-electron chi connectivity index (χ0n) is 14.4. The number of benzene rings is 2. The molecule has 0 fully saturated rings. The fourth-order valence-electron chi connectivity index (χ4n) is 2.59. The summed E-state index contributed by atoms with van der Waals surface area (Å²) in [5.41, 5.74) is 4.06. The first-order chi connectivity index (χ1) is 13.1. The van der Waals surface area contributed by atoms with Gasteiger partial charge in [0.1, 0.15) is 15.4 Å². The molecule has 0 spiro atoms. The lowest BCUT2D eigenvalue weighted by Gasteiger charge is -2.09. The number of halogens is 1. The highest BCUT2D eigenvalue weighted by Gasteiger charge is 2.09. The van der Waals surface area contributed by atoms with Crippen LogP contribution in [0.5, 0.6) is 0 Å². The van der Waals surface area contributed by atoms with Crippen LogP contribution in [0.1, 0.15) is 5.56 Å². The summed E-state index contributed by atoms with van der Waals surface area (Å²) in [6.45, 7) is 1.91. The molecule has 0 aliphatic carbocycles. The topological polar surface area (TPSA) is 66.9 Å². The minimum atomic E-state index is -0.335. The number of fused-ring (bicyclic) bond motifs is 1. The Labute approximate surface area is 165 Å². The maximum atomic E-state index is 12.3. The summed E-state index contributed by atoms with van der Waals surface area (Å²) in [4.78, 5) is 22.1. The lowest BCUT2D eigenvalue weighted by Crippen LogP contribution is -2.19. The van der Waals surface area contributed by atoms with E-state index in [2.05, 4.69) is 20.6 Å². The first kappa shape index (κ1) is 17.5. The second kappa shape index (κ2) is 7.34. The molecule has 4 rings (SSSR count). The summed E-state index contributed by atoms with van der Waals surface area (Å²) >= 11 is 7.62. The summed E-state index contributed by atoms with van der Waals surface area (Å²) < 4.78 is 0. The van der Waals surface area contributed by atoms with Crippen LogP contribution in [-0.4, -0.2) is 16.0 Å². The Kier molecular flexibility index (Phi) is 4.75. The van der Waals surface area contributed by atoms with E-state index in [1.165, 1.54) is 11.3 Å². The zero-order valence-corrected chi connectivity index (χ0v) is 15.9. The number of thiazole rings is 1. The number of nitrogens with zero attached hydrogens (tertiary/aromatic N) is 2. The molecule has 0 saturated carbocycles. The molecule has 0 aliphatic heterocycles. The van der Waals surface area contributed by atoms with E-state index in [-0.39, 0.29) is 6.03 Å². The quantitative estimate of drug-likeness (QED) is 0.450. The molecule has 2 aromatic carbocycles. The number of carbonyl (C=O) groups excluding carboxylic acids is 1.